The second-order valence-corrected chi connectivity index (χ2v) is 8.04. The van der Waals surface area contributed by atoms with Crippen LogP contribution >= 0.6 is 23.1 Å². The number of hydrogen-bond acceptors (Lipinski definition) is 5. The molecule has 2 aromatic rings. The van der Waals surface area contributed by atoms with Gasteiger partial charge in [-0.3, -0.25) is 9.36 Å². The van der Waals surface area contributed by atoms with Crippen molar-refractivity contribution in [3.63, 3.8) is 0 Å². The van der Waals surface area contributed by atoms with Crippen LogP contribution in [0.2, 0.25) is 0 Å². The van der Waals surface area contributed by atoms with E-state index in [1.807, 2.05) is 48.9 Å². The monoisotopic (exact) mass is 416 g/mol. The van der Waals surface area contributed by atoms with Gasteiger partial charge in [0, 0.05) is 30.6 Å². The van der Waals surface area contributed by atoms with Gasteiger partial charge in [-0.2, -0.15) is 0 Å². The smallest absolute Gasteiger partial charge is 0.271 e. The Balaban J connectivity index is 0.00000210. The summed E-state index contributed by atoms with van der Waals surface area (Å²) in [6.45, 7) is 2.68. The van der Waals surface area contributed by atoms with Gasteiger partial charge in [0.1, 0.15) is 9.56 Å². The van der Waals surface area contributed by atoms with E-state index >= 15 is 0 Å². The standard InChI is InChI=1S/C20H19N3OS2.ClH/c1-3-23-17(12-11-14-8-6-7-13-21-14)26-18(19(23)24)20-22(2)15-9-4-5-10-16(15)25-20;/h4-10,12-13H,3,11H2,1-2H3;1H/q+1;/p-1. The number of thiazole rings is 1. The number of aliphatic imine (C=N–C) groups is 1. The summed E-state index contributed by atoms with van der Waals surface area (Å²) in [5, 5.41) is 1.01. The maximum Gasteiger partial charge on any atom is 0.271 e. The summed E-state index contributed by atoms with van der Waals surface area (Å²) in [6.07, 6.45) is 10.5. The van der Waals surface area contributed by atoms with Crippen LogP contribution in [0.1, 0.15) is 13.3 Å². The molecule has 4 rings (SSSR count). The van der Waals surface area contributed by atoms with E-state index in [-0.39, 0.29) is 18.0 Å². The molecule has 1 radical (unpaired) electrons. The van der Waals surface area contributed by atoms with Gasteiger partial charge in [0.25, 0.3) is 11.3 Å². The van der Waals surface area contributed by atoms with Crippen LogP contribution in [0.5, 0.6) is 0 Å². The van der Waals surface area contributed by atoms with Gasteiger partial charge in [-0.25, -0.2) is 0 Å². The Labute approximate surface area is 172 Å². The molecule has 0 N–H and O–H groups in total. The van der Waals surface area contributed by atoms with Crippen LogP contribution in [0, 0.1) is 0 Å². The highest BCUT2D eigenvalue weighted by Gasteiger charge is 2.24. The topological polar surface area (TPSA) is 39.3 Å². The molecule has 3 heterocycles. The largest absolute Gasteiger partial charge is 1.00 e. The lowest BCUT2D eigenvalue weighted by molar-refractivity contribution is -0.00000517. The molecule has 0 spiro atoms. The molecule has 0 amide bonds. The van der Waals surface area contributed by atoms with Gasteiger partial charge >= 0.3 is 0 Å². The Kier molecular flexibility index (Phi) is 6.09. The molecule has 2 aliphatic heterocycles. The fourth-order valence-electron chi connectivity index (χ4n) is 3.02. The molecule has 4 nitrogen and oxygen atoms in total. The second kappa shape index (κ2) is 8.33. The van der Waals surface area contributed by atoms with Crippen LogP contribution in [-0.4, -0.2) is 17.8 Å². The molecule has 0 saturated heterocycles. The number of rotatable bonds is 3. The molecule has 27 heavy (non-hydrogen) atoms. The molecule has 0 saturated carbocycles. The van der Waals surface area contributed by atoms with Crippen molar-refractivity contribution in [3.8, 4) is 0 Å². The van der Waals surface area contributed by atoms with E-state index in [1.54, 1.807) is 29.3 Å². The first-order valence-corrected chi connectivity index (χ1v) is 10.2. The zero-order valence-electron chi connectivity index (χ0n) is 15.1. The van der Waals surface area contributed by atoms with Crippen LogP contribution in [0.15, 0.2) is 57.9 Å². The van der Waals surface area contributed by atoms with Gasteiger partial charge in [-0.1, -0.05) is 23.9 Å². The van der Waals surface area contributed by atoms with Crippen molar-refractivity contribution in [2.24, 2.45) is 0 Å². The van der Waals surface area contributed by atoms with E-state index in [1.165, 1.54) is 4.90 Å². The average molecular weight is 417 g/mol. The summed E-state index contributed by atoms with van der Waals surface area (Å²) in [7, 11) is 2.03. The Bertz CT molecular complexity index is 1120. The number of para-hydroxylation sites is 1. The maximum atomic E-state index is 13.0. The normalized spacial score (nSPS) is 17.8. The summed E-state index contributed by atoms with van der Waals surface area (Å²) in [5.41, 5.74) is 2.25. The molecular weight excluding hydrogens is 398 g/mol. The van der Waals surface area contributed by atoms with E-state index in [4.69, 9.17) is 0 Å². The highest BCUT2D eigenvalue weighted by molar-refractivity contribution is 8.08. The van der Waals surface area contributed by atoms with Crippen molar-refractivity contribution in [3.05, 3.63) is 67.7 Å². The molecule has 0 fully saturated rings. The molecular formula is C20H19ClN3OS2. The molecule has 1 aromatic heterocycles. The lowest BCUT2D eigenvalue weighted by Crippen LogP contribution is -3.00. The minimum atomic E-state index is 0. The van der Waals surface area contributed by atoms with Crippen LogP contribution in [0.4, 0.5) is 5.69 Å². The van der Waals surface area contributed by atoms with Crippen LogP contribution in [0.25, 0.3) is 11.1 Å². The number of thioether (sulfide) groups is 1. The Hall–Kier alpha value is -2.02. The fourth-order valence-corrected chi connectivity index (χ4v) is 5.47. The third-order valence-electron chi connectivity index (χ3n) is 4.37. The first-order chi connectivity index (χ1) is 12.7. The Morgan fingerprint density at radius 2 is 2.04 bits per heavy atom. The van der Waals surface area contributed by atoms with E-state index in [9.17, 15) is 4.79 Å². The van der Waals surface area contributed by atoms with Crippen molar-refractivity contribution in [2.75, 3.05) is 11.9 Å². The number of nitrogens with zero attached hydrogens (tertiary/aromatic N) is 3. The molecule has 0 atom stereocenters. The first kappa shape index (κ1) is 19.7. The molecule has 0 unspecified atom stereocenters. The van der Waals surface area contributed by atoms with Crippen LogP contribution < -0.4 is 37.1 Å². The van der Waals surface area contributed by atoms with Gasteiger partial charge < -0.3 is 17.3 Å². The van der Waals surface area contributed by atoms with E-state index in [0.29, 0.717) is 6.54 Å². The zero-order chi connectivity index (χ0) is 18.1. The summed E-state index contributed by atoms with van der Waals surface area (Å²) < 4.78 is 3.66. The van der Waals surface area contributed by atoms with Crippen LogP contribution in [0.3, 0.4) is 0 Å². The number of fused-ring (bicyclic) bond motifs is 1. The molecule has 0 aliphatic carbocycles. The predicted molar refractivity (Wildman–Crippen MR) is 112 cm³/mol. The highest BCUT2D eigenvalue weighted by Crippen LogP contribution is 2.44. The van der Waals surface area contributed by atoms with Crippen LogP contribution in [-0.2, 0) is 6.54 Å². The second-order valence-electron chi connectivity index (χ2n) is 5.98. The van der Waals surface area contributed by atoms with Gasteiger partial charge in [0.2, 0.25) is 6.21 Å². The Morgan fingerprint density at radius 1 is 1.22 bits per heavy atom. The van der Waals surface area contributed by atoms with Crippen molar-refractivity contribution < 1.29 is 12.4 Å². The van der Waals surface area contributed by atoms with Crippen molar-refractivity contribution in [2.45, 2.75) is 24.8 Å². The van der Waals surface area contributed by atoms with E-state index in [2.05, 4.69) is 28.1 Å². The summed E-state index contributed by atoms with van der Waals surface area (Å²) in [4.78, 5) is 20.7. The summed E-state index contributed by atoms with van der Waals surface area (Å²) in [6, 6.07) is 8.26. The number of hydrogen-bond donors (Lipinski definition) is 0. The minimum absolute atomic E-state index is 0. The minimum Gasteiger partial charge on any atom is -1.00 e. The number of halogens is 1. The van der Waals surface area contributed by atoms with Gasteiger partial charge in [-0.05, 0) is 31.2 Å². The Morgan fingerprint density at radius 3 is 2.74 bits per heavy atom. The van der Waals surface area contributed by atoms with Gasteiger partial charge in [0.05, 0.1) is 21.8 Å². The average Bonchev–Trinajstić information content (AvgIpc) is 3.17. The number of aromatic nitrogens is 1. The third-order valence-corrected chi connectivity index (χ3v) is 6.91. The predicted octanol–water partition coefficient (Wildman–Crippen LogP) is -0.728. The number of anilines is 1. The molecule has 1 aromatic carbocycles. The number of benzene rings is 1. The summed E-state index contributed by atoms with van der Waals surface area (Å²) in [5.74, 6) is 0. The SMILES string of the molecule is CCn1c(=CCC2=CC=CC=[N+]2)sc(=C2Sc3ccccc3N2C)c1=O.[Cl-]. The molecule has 2 aliphatic rings. The summed E-state index contributed by atoms with van der Waals surface area (Å²) >= 11 is 3.24. The lowest BCUT2D eigenvalue weighted by atomic mass is 10.2. The molecule has 7 heteroatoms. The number of allylic oxidation sites excluding steroid dienone is 4. The quantitative estimate of drug-likeness (QED) is 0.662. The van der Waals surface area contributed by atoms with Crippen molar-refractivity contribution in [1.82, 2.24) is 9.56 Å². The molecule has 139 valence electrons. The lowest BCUT2D eigenvalue weighted by Gasteiger charge is -2.11. The zero-order valence-corrected chi connectivity index (χ0v) is 17.4. The van der Waals surface area contributed by atoms with E-state index in [0.717, 1.165) is 32.0 Å². The highest BCUT2D eigenvalue weighted by atomic mass is 35.5. The first-order valence-electron chi connectivity index (χ1n) is 8.53. The third kappa shape index (κ3) is 3.70. The van der Waals surface area contributed by atoms with E-state index < -0.39 is 0 Å². The van der Waals surface area contributed by atoms with Gasteiger partial charge in [-0.15, -0.1) is 11.3 Å². The fraction of sp³-hybridized carbons (Fsp3) is 0.200. The van der Waals surface area contributed by atoms with Crippen molar-refractivity contribution >= 4 is 46.1 Å². The van der Waals surface area contributed by atoms with Crippen molar-refractivity contribution in [1.29, 1.82) is 0 Å². The van der Waals surface area contributed by atoms with Gasteiger partial charge in [0.15, 0.2) is 0 Å². The molecule has 0 bridgehead atoms. The maximum absolute atomic E-state index is 13.0.